The maximum atomic E-state index is 6.31. The van der Waals surface area contributed by atoms with Gasteiger partial charge < -0.3 is 14.2 Å². The van der Waals surface area contributed by atoms with E-state index in [2.05, 4.69) is 36.4 Å². The summed E-state index contributed by atoms with van der Waals surface area (Å²) in [5.41, 5.74) is 3.33. The molecule has 0 unspecified atom stereocenters. The Hall–Kier alpha value is -2.88. The van der Waals surface area contributed by atoms with Gasteiger partial charge in [-0.3, -0.25) is 0 Å². The van der Waals surface area contributed by atoms with Crippen LogP contribution in [0.4, 0.5) is 0 Å². The highest BCUT2D eigenvalue weighted by Gasteiger charge is 2.34. The van der Waals surface area contributed by atoms with Crippen LogP contribution in [-0.4, -0.2) is 18.3 Å². The standard InChI is InChI=1S/C26H26O3/c1-20-26(28-19-22-13-7-3-8-14-22)25(27-18-21-11-5-2-6-12-21)17-24(29-20)23-15-9-4-10-16-23/h2-17,20,25-26H,18-19H2,1H3/t20-,25-,26-/m1/s1. The highest BCUT2D eigenvalue weighted by Crippen LogP contribution is 2.30. The largest absolute Gasteiger partial charge is 0.487 e. The molecule has 3 heteroatoms. The zero-order valence-electron chi connectivity index (χ0n) is 16.6. The lowest BCUT2D eigenvalue weighted by Crippen LogP contribution is -2.43. The molecule has 0 N–H and O–H groups in total. The summed E-state index contributed by atoms with van der Waals surface area (Å²) < 4.78 is 18.8. The minimum atomic E-state index is -0.196. The van der Waals surface area contributed by atoms with E-state index in [1.54, 1.807) is 0 Å². The number of ether oxygens (including phenoxy) is 3. The summed E-state index contributed by atoms with van der Waals surface area (Å²) in [6, 6.07) is 30.6. The van der Waals surface area contributed by atoms with E-state index in [-0.39, 0.29) is 18.3 Å². The molecular weight excluding hydrogens is 360 g/mol. The van der Waals surface area contributed by atoms with Crippen molar-refractivity contribution >= 4 is 5.76 Å². The van der Waals surface area contributed by atoms with Gasteiger partial charge >= 0.3 is 0 Å². The minimum absolute atomic E-state index is 0.125. The second-order valence-electron chi connectivity index (χ2n) is 7.24. The van der Waals surface area contributed by atoms with Gasteiger partial charge in [0.2, 0.25) is 0 Å². The molecule has 0 saturated carbocycles. The molecule has 0 aliphatic carbocycles. The minimum Gasteiger partial charge on any atom is -0.487 e. The van der Waals surface area contributed by atoms with Gasteiger partial charge in [-0.25, -0.2) is 0 Å². The molecule has 3 aromatic carbocycles. The third-order valence-corrected chi connectivity index (χ3v) is 5.04. The van der Waals surface area contributed by atoms with Gasteiger partial charge in [0.25, 0.3) is 0 Å². The molecule has 0 radical (unpaired) electrons. The van der Waals surface area contributed by atoms with Crippen LogP contribution in [0.3, 0.4) is 0 Å². The van der Waals surface area contributed by atoms with Crippen LogP contribution in [0.2, 0.25) is 0 Å². The Morgan fingerprint density at radius 3 is 1.79 bits per heavy atom. The van der Waals surface area contributed by atoms with Crippen molar-refractivity contribution < 1.29 is 14.2 Å². The van der Waals surface area contributed by atoms with E-state index >= 15 is 0 Å². The number of hydrogen-bond donors (Lipinski definition) is 0. The molecule has 3 nitrogen and oxygen atoms in total. The Balaban J connectivity index is 1.53. The molecule has 0 spiro atoms. The molecule has 0 amide bonds. The molecule has 3 atom stereocenters. The van der Waals surface area contributed by atoms with Gasteiger partial charge in [-0.2, -0.15) is 0 Å². The summed E-state index contributed by atoms with van der Waals surface area (Å²) in [6.07, 6.45) is 1.54. The fraction of sp³-hybridized carbons (Fsp3) is 0.231. The molecule has 4 rings (SSSR count). The van der Waals surface area contributed by atoms with Crippen LogP contribution in [0.25, 0.3) is 5.76 Å². The first kappa shape index (κ1) is 19.4. The van der Waals surface area contributed by atoms with E-state index in [0.717, 1.165) is 22.4 Å². The van der Waals surface area contributed by atoms with Crippen LogP contribution < -0.4 is 0 Å². The predicted octanol–water partition coefficient (Wildman–Crippen LogP) is 5.62. The van der Waals surface area contributed by atoms with Crippen molar-refractivity contribution in [2.75, 3.05) is 0 Å². The molecule has 1 aliphatic heterocycles. The maximum Gasteiger partial charge on any atom is 0.125 e. The molecule has 29 heavy (non-hydrogen) atoms. The first-order valence-corrected chi connectivity index (χ1v) is 10.0. The molecule has 3 aromatic rings. The zero-order valence-corrected chi connectivity index (χ0v) is 16.6. The lowest BCUT2D eigenvalue weighted by atomic mass is 10.0. The Morgan fingerprint density at radius 1 is 0.690 bits per heavy atom. The van der Waals surface area contributed by atoms with Gasteiger partial charge in [0, 0.05) is 5.56 Å². The average molecular weight is 386 g/mol. The zero-order chi connectivity index (χ0) is 19.9. The van der Waals surface area contributed by atoms with Crippen LogP contribution in [-0.2, 0) is 27.4 Å². The quantitative estimate of drug-likeness (QED) is 0.528. The second kappa shape index (κ2) is 9.55. The summed E-state index contributed by atoms with van der Waals surface area (Å²) in [5.74, 6) is 0.843. The van der Waals surface area contributed by atoms with Gasteiger partial charge in [-0.05, 0) is 24.1 Å². The Morgan fingerprint density at radius 2 is 1.21 bits per heavy atom. The van der Waals surface area contributed by atoms with Crippen molar-refractivity contribution in [1.82, 2.24) is 0 Å². The van der Waals surface area contributed by atoms with Crippen LogP contribution >= 0.6 is 0 Å². The number of benzene rings is 3. The molecule has 148 valence electrons. The molecule has 1 aliphatic rings. The highest BCUT2D eigenvalue weighted by atomic mass is 16.6. The Labute approximate surface area is 172 Å². The van der Waals surface area contributed by atoms with Gasteiger partial charge in [0.1, 0.15) is 24.1 Å². The summed E-state index contributed by atoms with van der Waals surface area (Å²) in [7, 11) is 0. The third kappa shape index (κ3) is 5.14. The first-order valence-electron chi connectivity index (χ1n) is 10.0. The normalized spacial score (nSPS) is 21.3. The van der Waals surface area contributed by atoms with Gasteiger partial charge in [0.15, 0.2) is 0 Å². The van der Waals surface area contributed by atoms with Crippen molar-refractivity contribution in [3.05, 3.63) is 114 Å². The van der Waals surface area contributed by atoms with Crippen molar-refractivity contribution in [3.8, 4) is 0 Å². The van der Waals surface area contributed by atoms with Crippen LogP contribution in [0.1, 0.15) is 23.6 Å². The Kier molecular flexibility index (Phi) is 6.40. The van der Waals surface area contributed by atoms with Gasteiger partial charge in [-0.1, -0.05) is 91.0 Å². The van der Waals surface area contributed by atoms with Crippen molar-refractivity contribution in [1.29, 1.82) is 0 Å². The van der Waals surface area contributed by atoms with E-state index < -0.39 is 0 Å². The average Bonchev–Trinajstić information content (AvgIpc) is 2.79. The smallest absolute Gasteiger partial charge is 0.125 e. The van der Waals surface area contributed by atoms with E-state index in [9.17, 15) is 0 Å². The van der Waals surface area contributed by atoms with Crippen molar-refractivity contribution in [3.63, 3.8) is 0 Å². The van der Waals surface area contributed by atoms with E-state index in [0.29, 0.717) is 13.2 Å². The molecule has 1 heterocycles. The fourth-order valence-corrected chi connectivity index (χ4v) is 3.49. The predicted molar refractivity (Wildman–Crippen MR) is 115 cm³/mol. The van der Waals surface area contributed by atoms with Gasteiger partial charge in [-0.15, -0.1) is 0 Å². The second-order valence-corrected chi connectivity index (χ2v) is 7.24. The molecule has 0 bridgehead atoms. The number of hydrogen-bond acceptors (Lipinski definition) is 3. The van der Waals surface area contributed by atoms with Crippen molar-refractivity contribution in [2.45, 2.75) is 38.4 Å². The lowest BCUT2D eigenvalue weighted by molar-refractivity contribution is -0.119. The topological polar surface area (TPSA) is 27.7 Å². The van der Waals surface area contributed by atoms with Crippen LogP contribution in [0.15, 0.2) is 97.1 Å². The van der Waals surface area contributed by atoms with E-state index in [1.807, 2.05) is 67.6 Å². The fourth-order valence-electron chi connectivity index (χ4n) is 3.49. The summed E-state index contributed by atoms with van der Waals surface area (Å²) >= 11 is 0. The maximum absolute atomic E-state index is 6.31. The molecule has 0 saturated heterocycles. The summed E-state index contributed by atoms with van der Waals surface area (Å²) in [6.45, 7) is 3.10. The lowest BCUT2D eigenvalue weighted by Gasteiger charge is -2.35. The van der Waals surface area contributed by atoms with E-state index in [1.165, 1.54) is 0 Å². The number of rotatable bonds is 7. The highest BCUT2D eigenvalue weighted by molar-refractivity contribution is 5.61. The SMILES string of the molecule is C[C@H]1OC(c2ccccc2)=C[C@@H](OCc2ccccc2)[C@@H]1OCc1ccccc1. The summed E-state index contributed by atoms with van der Waals surface area (Å²) in [4.78, 5) is 0. The third-order valence-electron chi connectivity index (χ3n) is 5.04. The van der Waals surface area contributed by atoms with Gasteiger partial charge in [0.05, 0.1) is 13.2 Å². The monoisotopic (exact) mass is 386 g/mol. The van der Waals surface area contributed by atoms with Crippen molar-refractivity contribution in [2.24, 2.45) is 0 Å². The molecule has 0 fully saturated rings. The summed E-state index contributed by atoms with van der Waals surface area (Å²) in [5, 5.41) is 0. The van der Waals surface area contributed by atoms with E-state index in [4.69, 9.17) is 14.2 Å². The van der Waals surface area contributed by atoms with Crippen LogP contribution in [0, 0.1) is 0 Å². The molecular formula is C26H26O3. The molecule has 0 aromatic heterocycles. The van der Waals surface area contributed by atoms with Crippen LogP contribution in [0.5, 0.6) is 0 Å². The first-order chi connectivity index (χ1) is 14.3. The Bertz CT molecular complexity index is 906.